The molecule has 2 aliphatic heterocycles. The Hall–Kier alpha value is -1.67. The number of amides is 1. The molecule has 3 aliphatic rings. The van der Waals surface area contributed by atoms with Crippen LogP contribution in [0.1, 0.15) is 69.7 Å². The minimum atomic E-state index is -4.42. The molecular weight excluding hydrogens is 407 g/mol. The number of nitrogens with one attached hydrogen (secondary N) is 1. The molecule has 1 saturated heterocycles. The maximum absolute atomic E-state index is 13.0. The van der Waals surface area contributed by atoms with Crippen LogP contribution in [0.4, 0.5) is 13.2 Å². The smallest absolute Gasteiger partial charge is 0.377 e. The van der Waals surface area contributed by atoms with Crippen LogP contribution in [0, 0.1) is 5.92 Å². The van der Waals surface area contributed by atoms with E-state index in [0.29, 0.717) is 36.3 Å². The van der Waals surface area contributed by atoms with Crippen LogP contribution >= 0.6 is 0 Å². The van der Waals surface area contributed by atoms with Crippen molar-refractivity contribution in [2.24, 2.45) is 5.92 Å². The Morgan fingerprint density at radius 1 is 1.29 bits per heavy atom. The van der Waals surface area contributed by atoms with Gasteiger partial charge in [0.15, 0.2) is 0 Å². The van der Waals surface area contributed by atoms with E-state index in [2.05, 4.69) is 31.1 Å². The zero-order valence-electron chi connectivity index (χ0n) is 18.7. The molecule has 31 heavy (non-hydrogen) atoms. The molecule has 1 aromatic rings. The second-order valence-electron chi connectivity index (χ2n) is 8.89. The Morgan fingerprint density at radius 3 is 2.68 bits per heavy atom. The second kappa shape index (κ2) is 10.3. The standard InChI is InChI=1S/C20H26F3N3O2.C3H8/c1-12-17(5-7-28-12)25-16-3-2-13(9-16)19(27)26-6-4-18-14(11-26)8-15(10-24-18)20(21,22)23;1-3-2/h8,10,12-13,16-17,25H,2-7,9,11H2,1H3;3H2,1-2H3. The first-order chi connectivity index (χ1) is 14.7. The largest absolute Gasteiger partial charge is 0.417 e. The lowest BCUT2D eigenvalue weighted by atomic mass is 10.00. The highest BCUT2D eigenvalue weighted by Gasteiger charge is 2.37. The summed E-state index contributed by atoms with van der Waals surface area (Å²) in [5, 5.41) is 3.62. The van der Waals surface area contributed by atoms with E-state index in [1.807, 2.05) is 0 Å². The Bertz CT molecular complexity index is 756. The van der Waals surface area contributed by atoms with E-state index < -0.39 is 11.7 Å². The topological polar surface area (TPSA) is 54.5 Å². The SMILES string of the molecule is CC1OCCC1NC1CCC(C(=O)N2CCc3ncc(C(F)(F)F)cc3C2)C1.CCC. The molecule has 8 heteroatoms. The monoisotopic (exact) mass is 441 g/mol. The zero-order valence-corrected chi connectivity index (χ0v) is 18.7. The van der Waals surface area contributed by atoms with Crippen LogP contribution in [0.15, 0.2) is 12.3 Å². The molecule has 4 atom stereocenters. The Labute approximate surface area is 182 Å². The molecule has 0 bridgehead atoms. The second-order valence-corrected chi connectivity index (χ2v) is 8.89. The number of carbonyl (C=O) groups is 1. The third kappa shape index (κ3) is 5.98. The number of aromatic nitrogens is 1. The normalized spacial score (nSPS) is 28.1. The van der Waals surface area contributed by atoms with Crippen molar-refractivity contribution in [1.29, 1.82) is 0 Å². The summed E-state index contributed by atoms with van der Waals surface area (Å²) >= 11 is 0. The summed E-state index contributed by atoms with van der Waals surface area (Å²) in [6, 6.07) is 1.79. The first-order valence-electron chi connectivity index (χ1n) is 11.4. The van der Waals surface area contributed by atoms with Crippen LogP contribution in [-0.4, -0.2) is 47.1 Å². The van der Waals surface area contributed by atoms with E-state index >= 15 is 0 Å². The van der Waals surface area contributed by atoms with Gasteiger partial charge in [0.05, 0.1) is 11.7 Å². The first-order valence-corrected chi connectivity index (χ1v) is 11.4. The zero-order chi connectivity index (χ0) is 22.6. The Kier molecular flexibility index (Phi) is 7.97. The first kappa shape index (κ1) is 24.0. The van der Waals surface area contributed by atoms with E-state index in [1.54, 1.807) is 4.90 Å². The van der Waals surface area contributed by atoms with Gasteiger partial charge in [0.25, 0.3) is 0 Å². The lowest BCUT2D eigenvalue weighted by molar-refractivity contribution is -0.137. The quantitative estimate of drug-likeness (QED) is 0.758. The van der Waals surface area contributed by atoms with E-state index in [-0.39, 0.29) is 24.5 Å². The fourth-order valence-electron chi connectivity index (χ4n) is 4.64. The molecule has 2 fully saturated rings. The number of pyridine rings is 1. The lowest BCUT2D eigenvalue weighted by Gasteiger charge is -2.31. The van der Waals surface area contributed by atoms with Gasteiger partial charge in [-0.1, -0.05) is 20.3 Å². The molecule has 0 aromatic carbocycles. The molecule has 4 unspecified atom stereocenters. The molecule has 0 spiro atoms. The molecule has 1 amide bonds. The highest BCUT2D eigenvalue weighted by molar-refractivity contribution is 5.79. The number of carbonyl (C=O) groups excluding carboxylic acids is 1. The molecule has 0 radical (unpaired) electrons. The minimum Gasteiger partial charge on any atom is -0.377 e. The summed E-state index contributed by atoms with van der Waals surface area (Å²) in [6.07, 6.45) is 1.97. The van der Waals surface area contributed by atoms with Crippen LogP contribution in [0.3, 0.4) is 0 Å². The molecule has 4 rings (SSSR count). The molecule has 3 heterocycles. The van der Waals surface area contributed by atoms with Gasteiger partial charge in [0, 0.05) is 56.0 Å². The van der Waals surface area contributed by atoms with Crippen molar-refractivity contribution < 1.29 is 22.7 Å². The van der Waals surface area contributed by atoms with Crippen LogP contribution in [0.25, 0.3) is 0 Å². The molecule has 1 saturated carbocycles. The van der Waals surface area contributed by atoms with E-state index in [9.17, 15) is 18.0 Å². The van der Waals surface area contributed by atoms with Crippen LogP contribution in [0.5, 0.6) is 0 Å². The summed E-state index contributed by atoms with van der Waals surface area (Å²) in [5.41, 5.74) is 0.427. The number of halogens is 3. The summed E-state index contributed by atoms with van der Waals surface area (Å²) in [6.45, 7) is 7.82. The molecule has 1 aliphatic carbocycles. The van der Waals surface area contributed by atoms with Gasteiger partial charge >= 0.3 is 6.18 Å². The van der Waals surface area contributed by atoms with Crippen molar-refractivity contribution in [2.45, 2.75) is 90.2 Å². The number of rotatable bonds is 3. The highest BCUT2D eigenvalue weighted by Crippen LogP contribution is 2.33. The highest BCUT2D eigenvalue weighted by atomic mass is 19.4. The van der Waals surface area contributed by atoms with Crippen molar-refractivity contribution in [2.75, 3.05) is 13.2 Å². The Balaban J connectivity index is 0.000000858. The minimum absolute atomic E-state index is 0.0584. The maximum atomic E-state index is 13.0. The summed E-state index contributed by atoms with van der Waals surface area (Å²) in [7, 11) is 0. The Morgan fingerprint density at radius 2 is 2.03 bits per heavy atom. The molecular formula is C23H34F3N3O2. The third-order valence-corrected chi connectivity index (χ3v) is 6.29. The van der Waals surface area contributed by atoms with Gasteiger partial charge in [0.1, 0.15) is 0 Å². The molecule has 5 nitrogen and oxygen atoms in total. The predicted molar refractivity (Wildman–Crippen MR) is 112 cm³/mol. The van der Waals surface area contributed by atoms with Crippen molar-refractivity contribution in [3.05, 3.63) is 29.1 Å². The predicted octanol–water partition coefficient (Wildman–Crippen LogP) is 4.34. The van der Waals surface area contributed by atoms with E-state index in [1.165, 1.54) is 6.42 Å². The fraction of sp³-hybridized carbons (Fsp3) is 0.739. The molecule has 1 aromatic heterocycles. The van der Waals surface area contributed by atoms with Gasteiger partial charge in [-0.05, 0) is 44.2 Å². The summed E-state index contributed by atoms with van der Waals surface area (Å²) < 4.78 is 44.5. The van der Waals surface area contributed by atoms with Gasteiger partial charge in [-0.25, -0.2) is 0 Å². The fourth-order valence-corrected chi connectivity index (χ4v) is 4.64. The van der Waals surface area contributed by atoms with E-state index in [0.717, 1.165) is 44.6 Å². The van der Waals surface area contributed by atoms with Gasteiger partial charge in [-0.15, -0.1) is 0 Å². The lowest BCUT2D eigenvalue weighted by Crippen LogP contribution is -2.42. The van der Waals surface area contributed by atoms with Crippen LogP contribution in [-0.2, 0) is 28.7 Å². The number of fused-ring (bicyclic) bond motifs is 1. The van der Waals surface area contributed by atoms with Gasteiger partial charge in [-0.3, -0.25) is 9.78 Å². The van der Waals surface area contributed by atoms with Gasteiger partial charge < -0.3 is 15.0 Å². The average molecular weight is 442 g/mol. The van der Waals surface area contributed by atoms with E-state index in [4.69, 9.17) is 4.74 Å². The number of nitrogens with zero attached hydrogens (tertiary/aromatic N) is 2. The summed E-state index contributed by atoms with van der Waals surface area (Å²) in [5.74, 6) is -0.00137. The van der Waals surface area contributed by atoms with Crippen molar-refractivity contribution in [1.82, 2.24) is 15.2 Å². The van der Waals surface area contributed by atoms with Gasteiger partial charge in [-0.2, -0.15) is 13.2 Å². The summed E-state index contributed by atoms with van der Waals surface area (Å²) in [4.78, 5) is 18.7. The van der Waals surface area contributed by atoms with Crippen molar-refractivity contribution in [3.8, 4) is 0 Å². The maximum Gasteiger partial charge on any atom is 0.417 e. The van der Waals surface area contributed by atoms with Gasteiger partial charge in [0.2, 0.25) is 5.91 Å². The average Bonchev–Trinajstić information content (AvgIpc) is 3.36. The van der Waals surface area contributed by atoms with Crippen LogP contribution in [0.2, 0.25) is 0 Å². The number of hydrogen-bond acceptors (Lipinski definition) is 4. The number of hydrogen-bond donors (Lipinski definition) is 1. The van der Waals surface area contributed by atoms with Crippen molar-refractivity contribution in [3.63, 3.8) is 0 Å². The number of alkyl halides is 3. The number of ether oxygens (including phenoxy) is 1. The third-order valence-electron chi connectivity index (χ3n) is 6.29. The van der Waals surface area contributed by atoms with Crippen LogP contribution < -0.4 is 5.32 Å². The molecule has 174 valence electrons. The van der Waals surface area contributed by atoms with Crippen molar-refractivity contribution >= 4 is 5.91 Å². The molecule has 1 N–H and O–H groups in total.